The molecule has 17 heavy (non-hydrogen) atoms. The monoisotopic (exact) mass is 313 g/mol. The number of H-pyrrole nitrogens is 1. The highest BCUT2D eigenvalue weighted by molar-refractivity contribution is 9.10. The lowest BCUT2D eigenvalue weighted by Crippen LogP contribution is -2.18. The molecule has 0 unspecified atom stereocenters. The Kier molecular flexibility index (Phi) is 3.41. The minimum absolute atomic E-state index is 0.224. The van der Waals surface area contributed by atoms with Crippen molar-refractivity contribution < 1.29 is 0 Å². The molecule has 2 aromatic heterocycles. The van der Waals surface area contributed by atoms with Gasteiger partial charge in [0.1, 0.15) is 0 Å². The maximum Gasteiger partial charge on any atom is 0.179 e. The fraction of sp³-hybridized carbons (Fsp3) is 0.500. The molecule has 5 heteroatoms. The molecule has 1 N–H and O–H groups in total. The Bertz CT molecular complexity index is 597. The molecule has 92 valence electrons. The van der Waals surface area contributed by atoms with E-state index in [1.807, 2.05) is 6.07 Å². The summed E-state index contributed by atoms with van der Waals surface area (Å²) in [5, 5.41) is 0. The van der Waals surface area contributed by atoms with Gasteiger partial charge in [-0.15, -0.1) is 0 Å². The van der Waals surface area contributed by atoms with Crippen LogP contribution in [0, 0.1) is 10.2 Å². The van der Waals surface area contributed by atoms with Crippen molar-refractivity contribution in [1.82, 2.24) is 14.5 Å². The first-order valence-corrected chi connectivity index (χ1v) is 6.87. The van der Waals surface area contributed by atoms with Crippen molar-refractivity contribution in [1.29, 1.82) is 0 Å². The van der Waals surface area contributed by atoms with Gasteiger partial charge in [0, 0.05) is 17.2 Å². The standard InChI is InChI=1S/C12H16BrN3S/c1-4-12(2,3)7-16-10-9(15-11(16)17)5-8(13)6-14-10/h5-6H,4,7H2,1-3H3,(H,15,17). The van der Waals surface area contributed by atoms with Gasteiger partial charge in [-0.1, -0.05) is 20.8 Å². The maximum absolute atomic E-state index is 5.36. The summed E-state index contributed by atoms with van der Waals surface area (Å²) in [5.74, 6) is 0. The average Bonchev–Trinajstić information content (AvgIpc) is 2.54. The number of aromatic amines is 1. The van der Waals surface area contributed by atoms with Gasteiger partial charge in [0.05, 0.1) is 5.52 Å². The Labute approximate surface area is 114 Å². The van der Waals surface area contributed by atoms with E-state index in [-0.39, 0.29) is 5.41 Å². The van der Waals surface area contributed by atoms with Crippen LogP contribution in [0.5, 0.6) is 0 Å². The summed E-state index contributed by atoms with van der Waals surface area (Å²) in [5.41, 5.74) is 2.14. The molecular weight excluding hydrogens is 298 g/mol. The van der Waals surface area contributed by atoms with Crippen LogP contribution < -0.4 is 0 Å². The predicted molar refractivity (Wildman–Crippen MR) is 76.7 cm³/mol. The first kappa shape index (κ1) is 12.8. The first-order valence-electron chi connectivity index (χ1n) is 5.67. The van der Waals surface area contributed by atoms with Crippen molar-refractivity contribution >= 4 is 39.3 Å². The number of nitrogens with one attached hydrogen (secondary N) is 1. The highest BCUT2D eigenvalue weighted by Gasteiger charge is 2.18. The number of rotatable bonds is 3. The number of imidazole rings is 1. The molecule has 0 aliphatic rings. The zero-order valence-corrected chi connectivity index (χ0v) is 12.7. The van der Waals surface area contributed by atoms with E-state index in [2.05, 4.69) is 51.2 Å². The zero-order valence-electron chi connectivity index (χ0n) is 10.2. The van der Waals surface area contributed by atoms with Crippen molar-refractivity contribution in [3.8, 4) is 0 Å². The maximum atomic E-state index is 5.36. The van der Waals surface area contributed by atoms with Crippen molar-refractivity contribution in [3.05, 3.63) is 21.5 Å². The van der Waals surface area contributed by atoms with E-state index in [0.717, 1.165) is 33.4 Å². The predicted octanol–water partition coefficient (Wildman–Crippen LogP) is 4.29. The zero-order chi connectivity index (χ0) is 12.6. The molecule has 0 aliphatic carbocycles. The molecule has 0 spiro atoms. The highest BCUT2D eigenvalue weighted by atomic mass is 79.9. The molecule has 2 aromatic rings. The van der Waals surface area contributed by atoms with Gasteiger partial charge >= 0.3 is 0 Å². The third-order valence-corrected chi connectivity index (χ3v) is 3.88. The Morgan fingerprint density at radius 2 is 2.24 bits per heavy atom. The smallest absolute Gasteiger partial charge is 0.179 e. The number of nitrogens with zero attached hydrogens (tertiary/aromatic N) is 2. The van der Waals surface area contributed by atoms with E-state index in [0.29, 0.717) is 0 Å². The Morgan fingerprint density at radius 1 is 1.53 bits per heavy atom. The minimum atomic E-state index is 0.224. The fourth-order valence-electron chi connectivity index (χ4n) is 1.70. The summed E-state index contributed by atoms with van der Waals surface area (Å²) in [6.07, 6.45) is 2.92. The lowest BCUT2D eigenvalue weighted by molar-refractivity contribution is 0.296. The molecule has 0 aromatic carbocycles. The van der Waals surface area contributed by atoms with E-state index >= 15 is 0 Å². The van der Waals surface area contributed by atoms with Crippen LogP contribution in [-0.2, 0) is 6.54 Å². The van der Waals surface area contributed by atoms with Gasteiger partial charge in [0.15, 0.2) is 10.4 Å². The second-order valence-corrected chi connectivity index (χ2v) is 6.36. The largest absolute Gasteiger partial charge is 0.329 e. The molecule has 2 rings (SSSR count). The van der Waals surface area contributed by atoms with Crippen LogP contribution >= 0.6 is 28.1 Å². The van der Waals surface area contributed by atoms with Gasteiger partial charge in [0.25, 0.3) is 0 Å². The van der Waals surface area contributed by atoms with Gasteiger partial charge in [0.2, 0.25) is 0 Å². The van der Waals surface area contributed by atoms with Crippen LogP contribution in [0.25, 0.3) is 11.2 Å². The number of aromatic nitrogens is 3. The molecule has 0 atom stereocenters. The Morgan fingerprint density at radius 3 is 2.88 bits per heavy atom. The summed E-state index contributed by atoms with van der Waals surface area (Å²) in [7, 11) is 0. The molecule has 3 nitrogen and oxygen atoms in total. The topological polar surface area (TPSA) is 33.6 Å². The molecule has 0 saturated heterocycles. The van der Waals surface area contributed by atoms with Crippen LogP contribution in [-0.4, -0.2) is 14.5 Å². The van der Waals surface area contributed by atoms with E-state index in [9.17, 15) is 0 Å². The van der Waals surface area contributed by atoms with Gasteiger partial charge in [-0.25, -0.2) is 4.98 Å². The van der Waals surface area contributed by atoms with Crippen LogP contribution in [0.2, 0.25) is 0 Å². The summed E-state index contributed by atoms with van der Waals surface area (Å²) in [6.45, 7) is 7.57. The highest BCUT2D eigenvalue weighted by Crippen LogP contribution is 2.25. The Balaban J connectivity index is 2.54. The number of pyridine rings is 1. The van der Waals surface area contributed by atoms with Crippen LogP contribution in [0.4, 0.5) is 0 Å². The SMILES string of the molecule is CCC(C)(C)Cn1c(=S)[nH]c2cc(Br)cnc21. The fourth-order valence-corrected chi connectivity index (χ4v) is 2.30. The van der Waals surface area contributed by atoms with E-state index < -0.39 is 0 Å². The molecule has 0 amide bonds. The number of fused-ring (bicyclic) bond motifs is 1. The summed E-state index contributed by atoms with van der Waals surface area (Å²) < 4.78 is 3.79. The number of hydrogen-bond donors (Lipinski definition) is 1. The molecule has 2 heterocycles. The molecule has 0 bridgehead atoms. The first-order chi connectivity index (χ1) is 7.93. The number of halogens is 1. The molecule has 0 radical (unpaired) electrons. The van der Waals surface area contributed by atoms with Crippen LogP contribution in [0.15, 0.2) is 16.7 Å². The van der Waals surface area contributed by atoms with Gasteiger partial charge in [-0.05, 0) is 46.0 Å². The third-order valence-electron chi connectivity index (χ3n) is 3.12. The van der Waals surface area contributed by atoms with Crippen molar-refractivity contribution in [2.24, 2.45) is 5.41 Å². The van der Waals surface area contributed by atoms with Gasteiger partial charge < -0.3 is 9.55 Å². The Hall–Kier alpha value is -0.680. The second-order valence-electron chi connectivity index (χ2n) is 5.06. The number of hydrogen-bond acceptors (Lipinski definition) is 2. The molecule has 0 aliphatic heterocycles. The summed E-state index contributed by atoms with van der Waals surface area (Å²) >= 11 is 8.78. The molecule has 0 fully saturated rings. The second kappa shape index (κ2) is 4.53. The van der Waals surface area contributed by atoms with Crippen LogP contribution in [0.1, 0.15) is 27.2 Å². The molecule has 0 saturated carbocycles. The third kappa shape index (κ3) is 2.60. The van der Waals surface area contributed by atoms with E-state index in [1.165, 1.54) is 0 Å². The van der Waals surface area contributed by atoms with Gasteiger partial charge in [-0.3, -0.25) is 0 Å². The normalized spacial score (nSPS) is 12.2. The average molecular weight is 314 g/mol. The minimum Gasteiger partial charge on any atom is -0.329 e. The van der Waals surface area contributed by atoms with Gasteiger partial charge in [-0.2, -0.15) is 0 Å². The van der Waals surface area contributed by atoms with Crippen molar-refractivity contribution in [2.75, 3.05) is 0 Å². The lowest BCUT2D eigenvalue weighted by Gasteiger charge is -2.23. The van der Waals surface area contributed by atoms with Crippen LogP contribution in [0.3, 0.4) is 0 Å². The summed E-state index contributed by atoms with van der Waals surface area (Å²) in [6, 6.07) is 2.01. The van der Waals surface area contributed by atoms with Crippen molar-refractivity contribution in [3.63, 3.8) is 0 Å². The quantitative estimate of drug-likeness (QED) is 0.857. The summed E-state index contributed by atoms with van der Waals surface area (Å²) in [4.78, 5) is 7.64. The molecular formula is C12H16BrN3S. The lowest BCUT2D eigenvalue weighted by atomic mass is 9.90. The van der Waals surface area contributed by atoms with E-state index in [4.69, 9.17) is 12.2 Å². The van der Waals surface area contributed by atoms with Crippen molar-refractivity contribution in [2.45, 2.75) is 33.7 Å². The van der Waals surface area contributed by atoms with E-state index in [1.54, 1.807) is 6.20 Å².